The highest BCUT2D eigenvalue weighted by molar-refractivity contribution is 6.30. The molecular formula is C19H32ClN3O. The summed E-state index contributed by atoms with van der Waals surface area (Å²) in [6.45, 7) is 7.90. The minimum Gasteiger partial charge on any atom is -0.324 e. The second-order valence-corrected chi connectivity index (χ2v) is 7.01. The Morgan fingerprint density at radius 1 is 1.17 bits per heavy atom. The minimum atomic E-state index is -0.156. The Morgan fingerprint density at radius 2 is 1.75 bits per heavy atom. The van der Waals surface area contributed by atoms with E-state index in [1.54, 1.807) is 0 Å². The summed E-state index contributed by atoms with van der Waals surface area (Å²) in [5.74, 6) is 0.0289. The average Bonchev–Trinajstić information content (AvgIpc) is 2.52. The quantitative estimate of drug-likeness (QED) is 0.625. The number of aryl methyl sites for hydroxylation is 2. The zero-order valence-corrected chi connectivity index (χ0v) is 16.5. The molecule has 1 amide bonds. The van der Waals surface area contributed by atoms with Crippen LogP contribution in [-0.4, -0.2) is 44.0 Å². The first-order valence-electron chi connectivity index (χ1n) is 8.79. The number of halogens is 1. The lowest BCUT2D eigenvalue weighted by Crippen LogP contribution is -2.40. The SMILES string of the molecule is CNCCCCCCN(C)C(C)C(=O)Nc1c(C)cc(Cl)cc1C. The number of anilines is 1. The zero-order valence-electron chi connectivity index (χ0n) is 15.7. The highest BCUT2D eigenvalue weighted by Gasteiger charge is 2.19. The molecule has 0 saturated carbocycles. The lowest BCUT2D eigenvalue weighted by Gasteiger charge is -2.24. The Balaban J connectivity index is 2.46. The van der Waals surface area contributed by atoms with E-state index in [4.69, 9.17) is 11.6 Å². The highest BCUT2D eigenvalue weighted by Crippen LogP contribution is 2.25. The van der Waals surface area contributed by atoms with Gasteiger partial charge < -0.3 is 10.6 Å². The molecule has 1 aromatic carbocycles. The molecule has 0 bridgehead atoms. The number of unbranched alkanes of at least 4 members (excludes halogenated alkanes) is 3. The van der Waals surface area contributed by atoms with E-state index >= 15 is 0 Å². The molecule has 24 heavy (non-hydrogen) atoms. The number of rotatable bonds is 10. The summed E-state index contributed by atoms with van der Waals surface area (Å²) in [5, 5.41) is 6.92. The molecule has 136 valence electrons. The van der Waals surface area contributed by atoms with Crippen LogP contribution in [0.15, 0.2) is 12.1 Å². The smallest absolute Gasteiger partial charge is 0.241 e. The molecule has 0 saturated heterocycles. The molecule has 0 aliphatic heterocycles. The molecule has 1 aromatic rings. The van der Waals surface area contributed by atoms with Gasteiger partial charge in [-0.1, -0.05) is 24.4 Å². The third-order valence-electron chi connectivity index (χ3n) is 4.47. The van der Waals surface area contributed by atoms with Crippen molar-refractivity contribution >= 4 is 23.2 Å². The Hall–Kier alpha value is -1.10. The van der Waals surface area contributed by atoms with Crippen molar-refractivity contribution in [3.63, 3.8) is 0 Å². The van der Waals surface area contributed by atoms with Gasteiger partial charge in [0.15, 0.2) is 0 Å². The van der Waals surface area contributed by atoms with Crippen molar-refractivity contribution in [2.24, 2.45) is 0 Å². The van der Waals surface area contributed by atoms with Crippen LogP contribution < -0.4 is 10.6 Å². The van der Waals surface area contributed by atoms with Crippen LogP contribution >= 0.6 is 11.6 Å². The molecule has 0 aromatic heterocycles. The van der Waals surface area contributed by atoms with Crippen molar-refractivity contribution in [3.8, 4) is 0 Å². The third kappa shape index (κ3) is 6.80. The number of amides is 1. The molecule has 2 N–H and O–H groups in total. The maximum absolute atomic E-state index is 12.5. The van der Waals surface area contributed by atoms with Gasteiger partial charge in [0, 0.05) is 10.7 Å². The number of carbonyl (C=O) groups excluding carboxylic acids is 1. The van der Waals surface area contributed by atoms with Crippen molar-refractivity contribution < 1.29 is 4.79 Å². The predicted octanol–water partition coefficient (Wildman–Crippen LogP) is 4.00. The first-order valence-corrected chi connectivity index (χ1v) is 9.17. The summed E-state index contributed by atoms with van der Waals surface area (Å²) < 4.78 is 0. The number of benzene rings is 1. The van der Waals surface area contributed by atoms with E-state index in [0.29, 0.717) is 5.02 Å². The predicted molar refractivity (Wildman–Crippen MR) is 104 cm³/mol. The van der Waals surface area contributed by atoms with Gasteiger partial charge in [-0.3, -0.25) is 9.69 Å². The zero-order chi connectivity index (χ0) is 18.1. The lowest BCUT2D eigenvalue weighted by atomic mass is 10.1. The molecule has 0 aliphatic carbocycles. The molecule has 0 spiro atoms. The van der Waals surface area contributed by atoms with Gasteiger partial charge in [-0.05, 0) is 84.1 Å². The maximum atomic E-state index is 12.5. The Labute approximate surface area is 151 Å². The van der Waals surface area contributed by atoms with Crippen LogP contribution in [0.3, 0.4) is 0 Å². The van der Waals surface area contributed by atoms with Gasteiger partial charge in [0.25, 0.3) is 0 Å². The van der Waals surface area contributed by atoms with Gasteiger partial charge in [0.05, 0.1) is 6.04 Å². The first-order chi connectivity index (χ1) is 11.4. The Bertz CT molecular complexity index is 510. The number of carbonyl (C=O) groups is 1. The Kier molecular flexibility index (Phi) is 9.34. The van der Waals surface area contributed by atoms with Gasteiger partial charge in [-0.2, -0.15) is 0 Å². The molecule has 1 atom stereocenters. The van der Waals surface area contributed by atoms with Gasteiger partial charge in [-0.25, -0.2) is 0 Å². The van der Waals surface area contributed by atoms with E-state index in [9.17, 15) is 4.79 Å². The number of hydrogen-bond acceptors (Lipinski definition) is 3. The summed E-state index contributed by atoms with van der Waals surface area (Å²) in [6.07, 6.45) is 4.77. The standard InChI is InChI=1S/C19H32ClN3O/c1-14-12-17(20)13-15(2)18(14)22-19(24)16(3)23(5)11-9-7-6-8-10-21-4/h12-13,16,21H,6-11H2,1-5H3,(H,22,24). The van der Waals surface area contributed by atoms with Crippen molar-refractivity contribution in [3.05, 3.63) is 28.3 Å². The van der Waals surface area contributed by atoms with E-state index in [-0.39, 0.29) is 11.9 Å². The number of hydrogen-bond donors (Lipinski definition) is 2. The molecule has 0 aliphatic rings. The second-order valence-electron chi connectivity index (χ2n) is 6.58. The Morgan fingerprint density at radius 3 is 2.33 bits per heavy atom. The third-order valence-corrected chi connectivity index (χ3v) is 4.69. The van der Waals surface area contributed by atoms with Crippen LogP contribution in [0.4, 0.5) is 5.69 Å². The minimum absolute atomic E-state index is 0.0289. The van der Waals surface area contributed by atoms with Crippen LogP contribution in [0.2, 0.25) is 5.02 Å². The number of nitrogens with zero attached hydrogens (tertiary/aromatic N) is 1. The van der Waals surface area contributed by atoms with Crippen LogP contribution in [-0.2, 0) is 4.79 Å². The van der Waals surface area contributed by atoms with Crippen LogP contribution in [0, 0.1) is 13.8 Å². The van der Waals surface area contributed by atoms with Crippen molar-refractivity contribution in [2.45, 2.75) is 52.5 Å². The van der Waals surface area contributed by atoms with E-state index < -0.39 is 0 Å². The molecular weight excluding hydrogens is 322 g/mol. The van der Waals surface area contributed by atoms with E-state index in [1.807, 2.05) is 47.0 Å². The van der Waals surface area contributed by atoms with Crippen molar-refractivity contribution in [1.29, 1.82) is 0 Å². The van der Waals surface area contributed by atoms with E-state index in [0.717, 1.165) is 36.3 Å². The summed E-state index contributed by atoms with van der Waals surface area (Å²) in [4.78, 5) is 14.6. The van der Waals surface area contributed by atoms with Gasteiger partial charge in [0.2, 0.25) is 5.91 Å². The summed E-state index contributed by atoms with van der Waals surface area (Å²) in [7, 11) is 4.00. The molecule has 4 nitrogen and oxygen atoms in total. The van der Waals surface area contributed by atoms with Crippen LogP contribution in [0.25, 0.3) is 0 Å². The molecule has 0 fully saturated rings. The topological polar surface area (TPSA) is 44.4 Å². The molecule has 1 rings (SSSR count). The largest absolute Gasteiger partial charge is 0.324 e. The fourth-order valence-corrected chi connectivity index (χ4v) is 3.07. The normalized spacial score (nSPS) is 12.5. The number of nitrogens with one attached hydrogen (secondary N) is 2. The van der Waals surface area contributed by atoms with Gasteiger partial charge in [0.1, 0.15) is 0 Å². The summed E-state index contributed by atoms with van der Waals surface area (Å²) in [6, 6.07) is 3.60. The average molecular weight is 354 g/mol. The van der Waals surface area contributed by atoms with Crippen molar-refractivity contribution in [1.82, 2.24) is 10.2 Å². The van der Waals surface area contributed by atoms with Crippen molar-refractivity contribution in [2.75, 3.05) is 32.5 Å². The fourth-order valence-electron chi connectivity index (χ4n) is 2.75. The molecule has 5 heteroatoms. The fraction of sp³-hybridized carbons (Fsp3) is 0.632. The molecule has 0 heterocycles. The lowest BCUT2D eigenvalue weighted by molar-refractivity contribution is -0.120. The van der Waals surface area contributed by atoms with Crippen LogP contribution in [0.5, 0.6) is 0 Å². The number of likely N-dealkylation sites (N-methyl/N-ethyl adjacent to an activating group) is 1. The van der Waals surface area contributed by atoms with E-state index in [2.05, 4.69) is 15.5 Å². The van der Waals surface area contributed by atoms with Crippen LogP contribution in [0.1, 0.15) is 43.7 Å². The summed E-state index contributed by atoms with van der Waals surface area (Å²) >= 11 is 6.05. The first kappa shape index (κ1) is 20.9. The van der Waals surface area contributed by atoms with E-state index in [1.165, 1.54) is 19.3 Å². The summed E-state index contributed by atoms with van der Waals surface area (Å²) in [5.41, 5.74) is 2.86. The highest BCUT2D eigenvalue weighted by atomic mass is 35.5. The molecule has 0 radical (unpaired) electrons. The van der Waals surface area contributed by atoms with Gasteiger partial charge in [-0.15, -0.1) is 0 Å². The molecule has 1 unspecified atom stereocenters. The maximum Gasteiger partial charge on any atom is 0.241 e. The monoisotopic (exact) mass is 353 g/mol. The second kappa shape index (κ2) is 10.7. The van der Waals surface area contributed by atoms with Gasteiger partial charge >= 0.3 is 0 Å².